The van der Waals surface area contributed by atoms with Crippen LogP contribution < -0.4 is 4.90 Å². The van der Waals surface area contributed by atoms with Crippen LogP contribution in [0, 0.1) is 0 Å². The molecule has 1 aliphatic rings. The third-order valence-corrected chi connectivity index (χ3v) is 14.6. The lowest BCUT2D eigenvalue weighted by Crippen LogP contribution is -2.16. The number of fused-ring (bicyclic) bond motifs is 15. The molecule has 0 radical (unpaired) electrons. The molecule has 0 spiro atoms. The topological polar surface area (TPSA) is 21.3 Å². The number of para-hydroxylation sites is 2. The lowest BCUT2D eigenvalue weighted by atomic mass is 9.82. The molecule has 0 bridgehead atoms. The molecule has 0 atom stereocenters. The predicted molar refractivity (Wildman–Crippen MR) is 278 cm³/mol. The van der Waals surface area contributed by atoms with Gasteiger partial charge in [-0.3, -0.25) is 0 Å². The summed E-state index contributed by atoms with van der Waals surface area (Å²) in [6, 6.07) is 80.3. The van der Waals surface area contributed by atoms with Gasteiger partial charge in [-0.05, 0) is 138 Å². The van der Waals surface area contributed by atoms with Crippen LogP contribution in [0.5, 0.6) is 0 Å². The quantitative estimate of drug-likeness (QED) is 0.161. The summed E-state index contributed by atoms with van der Waals surface area (Å²) in [4.78, 5) is 2.44. The van der Waals surface area contributed by atoms with Gasteiger partial charge in [0, 0.05) is 49.7 Å². The minimum atomic E-state index is -0.124. The molecule has 0 unspecified atom stereocenters. The van der Waals surface area contributed by atoms with E-state index in [-0.39, 0.29) is 5.41 Å². The highest BCUT2D eigenvalue weighted by Gasteiger charge is 2.36. The Morgan fingerprint density at radius 3 is 1.64 bits per heavy atom. The van der Waals surface area contributed by atoms with Gasteiger partial charge in [0.2, 0.25) is 0 Å². The molecule has 3 nitrogen and oxygen atoms in total. The van der Waals surface area contributed by atoms with Crippen molar-refractivity contribution in [3.05, 3.63) is 230 Å². The van der Waals surface area contributed by atoms with Crippen LogP contribution >= 0.6 is 0 Å². The fourth-order valence-electron chi connectivity index (χ4n) is 11.4. The van der Waals surface area contributed by atoms with E-state index in [0.29, 0.717) is 0 Å². The van der Waals surface area contributed by atoms with Gasteiger partial charge in [-0.15, -0.1) is 0 Å². The van der Waals surface area contributed by atoms with Gasteiger partial charge in [-0.25, -0.2) is 0 Å². The van der Waals surface area contributed by atoms with Gasteiger partial charge >= 0.3 is 0 Å². The van der Waals surface area contributed by atoms with E-state index in [9.17, 15) is 0 Å². The number of anilines is 3. The van der Waals surface area contributed by atoms with Crippen molar-refractivity contribution >= 4 is 93.1 Å². The second kappa shape index (κ2) is 13.8. The molecule has 0 N–H and O–H groups in total. The maximum atomic E-state index is 6.33. The molecule has 11 aromatic carbocycles. The third-order valence-electron chi connectivity index (χ3n) is 14.6. The van der Waals surface area contributed by atoms with Crippen LogP contribution in [-0.2, 0) is 5.41 Å². The van der Waals surface area contributed by atoms with Crippen molar-refractivity contribution < 1.29 is 4.42 Å². The minimum absolute atomic E-state index is 0.124. The van der Waals surface area contributed by atoms with E-state index in [0.717, 1.165) is 44.7 Å². The first-order valence-electron chi connectivity index (χ1n) is 22.9. The zero-order chi connectivity index (χ0) is 43.7. The lowest BCUT2D eigenvalue weighted by molar-refractivity contribution is 0.660. The Balaban J connectivity index is 0.888. The monoisotopic (exact) mass is 842 g/mol. The molecule has 13 aromatic rings. The first-order valence-corrected chi connectivity index (χ1v) is 22.9. The van der Waals surface area contributed by atoms with Crippen molar-refractivity contribution in [3.8, 4) is 27.9 Å². The fraction of sp³-hybridized carbons (Fsp3) is 0.0476. The van der Waals surface area contributed by atoms with Crippen molar-refractivity contribution in [1.29, 1.82) is 0 Å². The van der Waals surface area contributed by atoms with Gasteiger partial charge in [-0.2, -0.15) is 0 Å². The van der Waals surface area contributed by atoms with E-state index in [1.54, 1.807) is 0 Å². The van der Waals surface area contributed by atoms with Gasteiger partial charge < -0.3 is 13.9 Å². The highest BCUT2D eigenvalue weighted by molar-refractivity contribution is 6.26. The Bertz CT molecular complexity index is 4100. The van der Waals surface area contributed by atoms with Crippen molar-refractivity contribution in [3.63, 3.8) is 0 Å². The number of furan rings is 1. The summed E-state index contributed by atoms with van der Waals surface area (Å²) < 4.78 is 8.73. The SMILES string of the molecule is CC1(C)c2ccccc2-c2ccc(N(c3ccc(-c4ccc(-n5c6ccccc6c6cc7oc8ccccc8c7cc65)cc4)cc3)c3ccc4c5ccccc5c5ccccc5c4c3)cc21. The molecule has 0 amide bonds. The lowest BCUT2D eigenvalue weighted by Gasteiger charge is -2.28. The molecular weight excluding hydrogens is 801 g/mol. The van der Waals surface area contributed by atoms with Crippen LogP contribution in [0.2, 0.25) is 0 Å². The molecule has 2 aromatic heterocycles. The van der Waals surface area contributed by atoms with Gasteiger partial charge in [0.1, 0.15) is 11.2 Å². The van der Waals surface area contributed by atoms with Crippen LogP contribution in [0.15, 0.2) is 223 Å². The third kappa shape index (κ3) is 5.31. The Hall–Kier alpha value is -8.40. The number of nitrogens with zero attached hydrogens (tertiary/aromatic N) is 2. The average Bonchev–Trinajstić information content (AvgIpc) is 3.98. The van der Waals surface area contributed by atoms with Crippen LogP contribution in [0.4, 0.5) is 17.1 Å². The van der Waals surface area contributed by atoms with Crippen molar-refractivity contribution in [1.82, 2.24) is 4.57 Å². The molecule has 0 saturated carbocycles. The van der Waals surface area contributed by atoms with E-state index in [1.165, 1.54) is 87.5 Å². The summed E-state index contributed by atoms with van der Waals surface area (Å²) in [5.74, 6) is 0. The highest BCUT2D eigenvalue weighted by atomic mass is 16.3. The van der Waals surface area contributed by atoms with E-state index >= 15 is 0 Å². The summed E-state index contributed by atoms with van der Waals surface area (Å²) in [6.07, 6.45) is 0. The number of aromatic nitrogens is 1. The van der Waals surface area contributed by atoms with Crippen LogP contribution in [0.1, 0.15) is 25.0 Å². The summed E-state index contributed by atoms with van der Waals surface area (Å²) >= 11 is 0. The largest absolute Gasteiger partial charge is 0.456 e. The maximum Gasteiger partial charge on any atom is 0.136 e. The normalized spacial score (nSPS) is 13.1. The van der Waals surface area contributed by atoms with Gasteiger partial charge in [0.05, 0.1) is 11.0 Å². The highest BCUT2D eigenvalue weighted by Crippen LogP contribution is 2.51. The summed E-state index contributed by atoms with van der Waals surface area (Å²) in [6.45, 7) is 4.72. The van der Waals surface area contributed by atoms with E-state index in [2.05, 4.69) is 230 Å². The molecule has 3 heteroatoms. The fourth-order valence-corrected chi connectivity index (χ4v) is 11.4. The van der Waals surface area contributed by atoms with E-state index in [4.69, 9.17) is 4.42 Å². The smallest absolute Gasteiger partial charge is 0.136 e. The minimum Gasteiger partial charge on any atom is -0.456 e. The van der Waals surface area contributed by atoms with Gasteiger partial charge in [-0.1, -0.05) is 159 Å². The second-order valence-corrected chi connectivity index (χ2v) is 18.5. The molecule has 66 heavy (non-hydrogen) atoms. The standard InChI is InChI=1S/C63H42N2O/c1-63(2)57-20-10-7-17-50(57)51-34-32-44(36-58(51)63)64(43-31-33-49-47-15-4-3-13-45(47)46-14-5-6-16-48(46)54(49)35-43)41-27-23-39(24-28-41)40-25-29-42(30-26-40)65-59-21-11-8-18-52(59)55-38-62-56(37-60(55)65)53-19-9-12-22-61(53)66-62/h3-38H,1-2H3. The average molecular weight is 843 g/mol. The zero-order valence-electron chi connectivity index (χ0n) is 36.6. The second-order valence-electron chi connectivity index (χ2n) is 18.5. The molecular formula is C63H42N2O. The molecule has 0 fully saturated rings. The molecule has 310 valence electrons. The molecule has 1 aliphatic carbocycles. The maximum absolute atomic E-state index is 6.33. The van der Waals surface area contributed by atoms with Crippen LogP contribution in [0.3, 0.4) is 0 Å². The Labute approximate surface area is 382 Å². The molecule has 14 rings (SSSR count). The summed E-state index contributed by atoms with van der Waals surface area (Å²) in [7, 11) is 0. The Morgan fingerprint density at radius 1 is 0.348 bits per heavy atom. The Kier molecular flexibility index (Phi) is 7.74. The predicted octanol–water partition coefficient (Wildman–Crippen LogP) is 17.6. The molecule has 0 aliphatic heterocycles. The van der Waals surface area contributed by atoms with Crippen molar-refractivity contribution in [2.24, 2.45) is 0 Å². The number of benzene rings is 11. The number of hydrogen-bond acceptors (Lipinski definition) is 2. The van der Waals surface area contributed by atoms with Crippen LogP contribution in [0.25, 0.3) is 104 Å². The Morgan fingerprint density at radius 2 is 0.894 bits per heavy atom. The zero-order valence-corrected chi connectivity index (χ0v) is 36.6. The van der Waals surface area contributed by atoms with Gasteiger partial charge in [0.15, 0.2) is 0 Å². The first kappa shape index (κ1) is 37.0. The van der Waals surface area contributed by atoms with Crippen molar-refractivity contribution in [2.45, 2.75) is 19.3 Å². The van der Waals surface area contributed by atoms with Crippen molar-refractivity contribution in [2.75, 3.05) is 4.90 Å². The number of hydrogen-bond donors (Lipinski definition) is 0. The summed E-state index contributed by atoms with van der Waals surface area (Å²) in [5.41, 5.74) is 16.3. The van der Waals surface area contributed by atoms with Gasteiger partial charge in [0.25, 0.3) is 0 Å². The first-order chi connectivity index (χ1) is 32.5. The van der Waals surface area contributed by atoms with E-state index in [1.807, 2.05) is 12.1 Å². The molecule has 2 heterocycles. The van der Waals surface area contributed by atoms with E-state index < -0.39 is 0 Å². The molecule has 0 saturated heterocycles. The number of rotatable bonds is 5. The summed E-state index contributed by atoms with van der Waals surface area (Å²) in [5, 5.41) is 12.3. The van der Waals surface area contributed by atoms with Crippen LogP contribution in [-0.4, -0.2) is 4.57 Å².